The predicted octanol–water partition coefficient (Wildman–Crippen LogP) is 3.20. The van der Waals surface area contributed by atoms with Gasteiger partial charge in [-0.2, -0.15) is 0 Å². The highest BCUT2D eigenvalue weighted by molar-refractivity contribution is 5.86. The number of piperidine rings is 3. The number of nitrogens with zero attached hydrogens (tertiary/aromatic N) is 2. The molecule has 1 unspecified atom stereocenters. The van der Waals surface area contributed by atoms with Crippen LogP contribution < -0.4 is 5.32 Å². The second-order valence-electron chi connectivity index (χ2n) is 4.62. The normalized spacial score (nSPS) is 28.3. The van der Waals surface area contributed by atoms with Crippen molar-refractivity contribution in [3.05, 3.63) is 24.5 Å². The molecule has 3 aliphatic rings. The summed E-state index contributed by atoms with van der Waals surface area (Å²) in [5, 5.41) is 3.58. The van der Waals surface area contributed by atoms with Crippen LogP contribution in [-0.2, 0) is 0 Å². The number of hydrogen-bond donors (Lipinski definition) is 1. The maximum absolute atomic E-state index is 4.13. The molecular formula is C12H20Cl3N3. The number of fused-ring (bicyclic) bond motifs is 3. The molecule has 18 heavy (non-hydrogen) atoms. The van der Waals surface area contributed by atoms with Crippen LogP contribution in [0, 0.1) is 5.92 Å². The lowest BCUT2D eigenvalue weighted by Crippen LogP contribution is -2.52. The number of halogens is 3. The van der Waals surface area contributed by atoms with Crippen molar-refractivity contribution in [2.45, 2.75) is 25.4 Å². The third-order valence-electron chi connectivity index (χ3n) is 3.64. The van der Waals surface area contributed by atoms with Crippen molar-refractivity contribution in [2.75, 3.05) is 18.4 Å². The Morgan fingerprint density at radius 1 is 1.17 bits per heavy atom. The van der Waals surface area contributed by atoms with Gasteiger partial charge in [0.1, 0.15) is 0 Å². The third kappa shape index (κ3) is 3.89. The van der Waals surface area contributed by atoms with Crippen molar-refractivity contribution in [2.24, 2.45) is 5.92 Å². The minimum atomic E-state index is 0. The summed E-state index contributed by atoms with van der Waals surface area (Å²) in [5.74, 6) is 0.948. The fraction of sp³-hybridized carbons (Fsp3) is 0.583. The second-order valence-corrected chi connectivity index (χ2v) is 4.62. The lowest BCUT2D eigenvalue weighted by atomic mass is 9.86. The smallest absolute Gasteiger partial charge is 0.0796 e. The minimum Gasteiger partial charge on any atom is -0.368 e. The van der Waals surface area contributed by atoms with Crippen molar-refractivity contribution < 1.29 is 0 Å². The predicted molar refractivity (Wildman–Crippen MR) is 82.3 cm³/mol. The molecule has 1 aromatic heterocycles. The zero-order chi connectivity index (χ0) is 10.1. The first kappa shape index (κ1) is 17.8. The number of anilines is 1. The van der Waals surface area contributed by atoms with Crippen LogP contribution in [-0.4, -0.2) is 29.1 Å². The Balaban J connectivity index is 0.000000963. The molecule has 1 aromatic rings. The molecule has 0 saturated carbocycles. The Kier molecular flexibility index (Phi) is 7.95. The van der Waals surface area contributed by atoms with Gasteiger partial charge in [-0.05, 0) is 37.3 Å². The van der Waals surface area contributed by atoms with Crippen LogP contribution in [0.5, 0.6) is 0 Å². The van der Waals surface area contributed by atoms with Crippen molar-refractivity contribution in [1.29, 1.82) is 0 Å². The Hall–Kier alpha value is -0.220. The molecule has 104 valence electrons. The van der Waals surface area contributed by atoms with Crippen LogP contribution in [0.1, 0.15) is 19.3 Å². The number of rotatable bonds is 2. The van der Waals surface area contributed by atoms with Gasteiger partial charge in [-0.15, -0.1) is 37.2 Å². The summed E-state index contributed by atoms with van der Waals surface area (Å²) in [4.78, 5) is 6.69. The van der Waals surface area contributed by atoms with Gasteiger partial charge >= 0.3 is 0 Å². The van der Waals surface area contributed by atoms with Gasteiger partial charge in [0.15, 0.2) is 0 Å². The lowest BCUT2D eigenvalue weighted by molar-refractivity contribution is 0.0640. The van der Waals surface area contributed by atoms with Gasteiger partial charge in [-0.1, -0.05) is 0 Å². The largest absolute Gasteiger partial charge is 0.368 e. The molecule has 0 aromatic carbocycles. The monoisotopic (exact) mass is 311 g/mol. The van der Waals surface area contributed by atoms with E-state index in [0.29, 0.717) is 6.17 Å². The fourth-order valence-electron chi connectivity index (χ4n) is 2.76. The molecule has 2 bridgehead atoms. The molecule has 3 aliphatic heterocycles. The summed E-state index contributed by atoms with van der Waals surface area (Å²) in [6.07, 6.45) is 8.36. The molecule has 3 nitrogen and oxygen atoms in total. The molecule has 0 spiro atoms. The first-order valence-corrected chi connectivity index (χ1v) is 5.82. The van der Waals surface area contributed by atoms with E-state index < -0.39 is 0 Å². The van der Waals surface area contributed by atoms with Crippen molar-refractivity contribution in [3.8, 4) is 0 Å². The summed E-state index contributed by atoms with van der Waals surface area (Å²) >= 11 is 0. The molecule has 0 amide bonds. The van der Waals surface area contributed by atoms with E-state index in [4.69, 9.17) is 0 Å². The minimum absolute atomic E-state index is 0. The molecular weight excluding hydrogens is 293 g/mol. The second kappa shape index (κ2) is 8.05. The van der Waals surface area contributed by atoms with E-state index in [0.717, 1.165) is 11.6 Å². The van der Waals surface area contributed by atoms with Gasteiger partial charge < -0.3 is 5.32 Å². The van der Waals surface area contributed by atoms with Gasteiger partial charge in [0, 0.05) is 25.5 Å². The highest BCUT2D eigenvalue weighted by Gasteiger charge is 2.33. The van der Waals surface area contributed by atoms with Gasteiger partial charge in [0.25, 0.3) is 0 Å². The summed E-state index contributed by atoms with van der Waals surface area (Å²) in [6.45, 7) is 2.53. The summed E-state index contributed by atoms with van der Waals surface area (Å²) in [6, 6.07) is 4.08. The molecule has 6 heteroatoms. The number of hydrogen-bond acceptors (Lipinski definition) is 3. The molecule has 4 rings (SSSR count). The highest BCUT2D eigenvalue weighted by atomic mass is 35.5. The third-order valence-corrected chi connectivity index (χ3v) is 3.64. The Labute approximate surface area is 127 Å². The van der Waals surface area contributed by atoms with Gasteiger partial charge in [-0.25, -0.2) is 0 Å². The molecule has 3 fully saturated rings. The van der Waals surface area contributed by atoms with E-state index in [1.54, 1.807) is 0 Å². The summed E-state index contributed by atoms with van der Waals surface area (Å²) < 4.78 is 0. The van der Waals surface area contributed by atoms with Crippen LogP contribution in [0.2, 0.25) is 0 Å². The van der Waals surface area contributed by atoms with Crippen LogP contribution in [0.4, 0.5) is 5.69 Å². The Morgan fingerprint density at radius 2 is 1.89 bits per heavy atom. The molecule has 1 atom stereocenters. The summed E-state index contributed by atoms with van der Waals surface area (Å²) in [7, 11) is 0. The first-order chi connectivity index (χ1) is 7.42. The van der Waals surface area contributed by atoms with E-state index in [9.17, 15) is 0 Å². The van der Waals surface area contributed by atoms with Crippen molar-refractivity contribution in [3.63, 3.8) is 0 Å². The van der Waals surface area contributed by atoms with Crippen molar-refractivity contribution >= 4 is 42.9 Å². The number of nitrogens with one attached hydrogen (secondary N) is 1. The maximum Gasteiger partial charge on any atom is 0.0796 e. The number of pyridine rings is 1. The van der Waals surface area contributed by atoms with Gasteiger partial charge in [0.05, 0.1) is 11.9 Å². The first-order valence-electron chi connectivity index (χ1n) is 5.82. The Bertz CT molecular complexity index is 329. The SMILES string of the molecule is Cl.Cl.Cl.c1cncc(NC2CC3CCN2CC3)c1. The molecule has 4 heterocycles. The van der Waals surface area contributed by atoms with E-state index >= 15 is 0 Å². The summed E-state index contributed by atoms with van der Waals surface area (Å²) in [5.41, 5.74) is 1.15. The standard InChI is InChI=1S/C12H17N3.3ClH/c1-2-11(9-13-5-1)14-12-8-10-3-6-15(12)7-4-10;;;/h1-2,5,9-10,12,14H,3-4,6-8H2;3*1H. The molecule has 0 aliphatic carbocycles. The average molecular weight is 313 g/mol. The average Bonchev–Trinajstić information content (AvgIpc) is 2.32. The van der Waals surface area contributed by atoms with E-state index in [1.165, 1.54) is 32.4 Å². The van der Waals surface area contributed by atoms with Crippen molar-refractivity contribution in [1.82, 2.24) is 9.88 Å². The quantitative estimate of drug-likeness (QED) is 0.909. The zero-order valence-electron chi connectivity index (χ0n) is 10.1. The topological polar surface area (TPSA) is 28.2 Å². The maximum atomic E-state index is 4.13. The molecule has 3 saturated heterocycles. The molecule has 1 N–H and O–H groups in total. The van der Waals surface area contributed by atoms with Gasteiger partial charge in [0.2, 0.25) is 0 Å². The lowest BCUT2D eigenvalue weighted by Gasteiger charge is -2.45. The van der Waals surface area contributed by atoms with Crippen LogP contribution in [0.25, 0.3) is 0 Å². The molecule has 0 radical (unpaired) electrons. The van der Waals surface area contributed by atoms with E-state index in [-0.39, 0.29) is 37.2 Å². The number of aromatic nitrogens is 1. The zero-order valence-corrected chi connectivity index (χ0v) is 12.6. The van der Waals surface area contributed by atoms with Crippen LogP contribution in [0.15, 0.2) is 24.5 Å². The van der Waals surface area contributed by atoms with Crippen LogP contribution in [0.3, 0.4) is 0 Å². The fourth-order valence-corrected chi connectivity index (χ4v) is 2.76. The highest BCUT2D eigenvalue weighted by Crippen LogP contribution is 2.31. The van der Waals surface area contributed by atoms with E-state index in [1.807, 2.05) is 18.5 Å². The van der Waals surface area contributed by atoms with E-state index in [2.05, 4.69) is 21.3 Å². The van der Waals surface area contributed by atoms with Crippen LogP contribution >= 0.6 is 37.2 Å². The Morgan fingerprint density at radius 3 is 2.39 bits per heavy atom. The van der Waals surface area contributed by atoms with Gasteiger partial charge in [-0.3, -0.25) is 9.88 Å².